The summed E-state index contributed by atoms with van der Waals surface area (Å²) in [6, 6.07) is 4.53. The monoisotopic (exact) mass is 249 g/mol. The van der Waals surface area contributed by atoms with Crippen molar-refractivity contribution in [3.05, 3.63) is 33.9 Å². The lowest BCUT2D eigenvalue weighted by Gasteiger charge is -2.13. The molecule has 0 bridgehead atoms. The molecule has 1 fully saturated rings. The van der Waals surface area contributed by atoms with E-state index in [0.717, 1.165) is 12.8 Å². The molecule has 0 aliphatic heterocycles. The molecule has 6 heteroatoms. The number of nitrogens with two attached hydrogens (primary N) is 1. The Bertz CT molecular complexity index is 509. The third-order valence-electron chi connectivity index (χ3n) is 3.38. The number of hydrogen-bond acceptors (Lipinski definition) is 4. The number of nitrogens with zero attached hydrogens (tertiary/aromatic N) is 1. The van der Waals surface area contributed by atoms with Crippen molar-refractivity contribution in [2.45, 2.75) is 19.8 Å². The zero-order valence-corrected chi connectivity index (χ0v) is 10.1. The number of anilines is 1. The maximum Gasteiger partial charge on any atom is 0.272 e. The molecule has 3 N–H and O–H groups in total. The van der Waals surface area contributed by atoms with E-state index in [-0.39, 0.29) is 11.6 Å². The lowest BCUT2D eigenvalue weighted by atomic mass is 10.1. The molecule has 1 aliphatic rings. The maximum absolute atomic E-state index is 11.9. The summed E-state index contributed by atoms with van der Waals surface area (Å²) in [6.45, 7) is 1.98. The van der Waals surface area contributed by atoms with E-state index in [0.29, 0.717) is 17.8 Å². The second-order valence-corrected chi connectivity index (χ2v) is 4.70. The van der Waals surface area contributed by atoms with Crippen molar-refractivity contribution in [3.63, 3.8) is 0 Å². The molecule has 1 saturated carbocycles. The molecule has 1 aliphatic carbocycles. The van der Waals surface area contributed by atoms with Gasteiger partial charge in [0.1, 0.15) is 0 Å². The van der Waals surface area contributed by atoms with Crippen molar-refractivity contribution in [1.82, 2.24) is 0 Å². The van der Waals surface area contributed by atoms with Crippen molar-refractivity contribution in [2.24, 2.45) is 11.1 Å². The van der Waals surface area contributed by atoms with Gasteiger partial charge < -0.3 is 11.1 Å². The molecule has 2 rings (SSSR count). The number of aryl methyl sites for hydroxylation is 1. The molecule has 1 amide bonds. The zero-order valence-electron chi connectivity index (χ0n) is 10.1. The zero-order chi connectivity index (χ0) is 13.3. The Labute approximate surface area is 104 Å². The van der Waals surface area contributed by atoms with E-state index >= 15 is 0 Å². The van der Waals surface area contributed by atoms with Gasteiger partial charge in [-0.15, -0.1) is 0 Å². The third-order valence-corrected chi connectivity index (χ3v) is 3.38. The van der Waals surface area contributed by atoms with Crippen LogP contribution in [0.15, 0.2) is 18.2 Å². The van der Waals surface area contributed by atoms with Crippen molar-refractivity contribution in [2.75, 3.05) is 11.9 Å². The molecule has 96 valence electrons. The molecule has 0 radical (unpaired) electrons. The van der Waals surface area contributed by atoms with Gasteiger partial charge in [0.25, 0.3) is 5.69 Å². The topological polar surface area (TPSA) is 98.3 Å². The fourth-order valence-electron chi connectivity index (χ4n) is 1.88. The van der Waals surface area contributed by atoms with E-state index in [4.69, 9.17) is 5.73 Å². The summed E-state index contributed by atoms with van der Waals surface area (Å²) in [4.78, 5) is 22.2. The van der Waals surface area contributed by atoms with Gasteiger partial charge in [-0.2, -0.15) is 0 Å². The maximum atomic E-state index is 11.9. The van der Waals surface area contributed by atoms with Crippen LogP contribution in [-0.4, -0.2) is 17.4 Å². The first-order valence-corrected chi connectivity index (χ1v) is 5.75. The van der Waals surface area contributed by atoms with Gasteiger partial charge in [0, 0.05) is 23.9 Å². The molecular weight excluding hydrogens is 234 g/mol. The quantitative estimate of drug-likeness (QED) is 0.625. The summed E-state index contributed by atoms with van der Waals surface area (Å²) in [7, 11) is 0. The number of hydrogen-bond donors (Lipinski definition) is 2. The second kappa shape index (κ2) is 4.38. The van der Waals surface area contributed by atoms with Crippen LogP contribution in [0.3, 0.4) is 0 Å². The van der Waals surface area contributed by atoms with Crippen LogP contribution in [0.4, 0.5) is 11.4 Å². The molecule has 0 atom stereocenters. The lowest BCUT2D eigenvalue weighted by molar-refractivity contribution is -0.385. The average Bonchev–Trinajstić information content (AvgIpc) is 3.09. The smallest absolute Gasteiger partial charge is 0.272 e. The van der Waals surface area contributed by atoms with Gasteiger partial charge in [0.2, 0.25) is 5.91 Å². The first-order chi connectivity index (χ1) is 8.48. The highest BCUT2D eigenvalue weighted by molar-refractivity contribution is 5.97. The van der Waals surface area contributed by atoms with Crippen molar-refractivity contribution in [3.8, 4) is 0 Å². The highest BCUT2D eigenvalue weighted by atomic mass is 16.6. The van der Waals surface area contributed by atoms with Crippen LogP contribution in [0.25, 0.3) is 0 Å². The van der Waals surface area contributed by atoms with Gasteiger partial charge in [-0.1, -0.05) is 0 Å². The molecule has 18 heavy (non-hydrogen) atoms. The van der Waals surface area contributed by atoms with Crippen LogP contribution >= 0.6 is 0 Å². The van der Waals surface area contributed by atoms with E-state index in [1.165, 1.54) is 12.1 Å². The van der Waals surface area contributed by atoms with Gasteiger partial charge in [-0.05, 0) is 31.9 Å². The minimum absolute atomic E-state index is 0.0490. The lowest BCUT2D eigenvalue weighted by Crippen LogP contribution is -2.30. The molecule has 0 saturated heterocycles. The van der Waals surface area contributed by atoms with Crippen molar-refractivity contribution < 1.29 is 9.72 Å². The normalized spacial score (nSPS) is 16.1. The van der Waals surface area contributed by atoms with Gasteiger partial charge >= 0.3 is 0 Å². The minimum atomic E-state index is -0.441. The molecule has 1 aromatic carbocycles. The van der Waals surface area contributed by atoms with Gasteiger partial charge in [0.05, 0.1) is 10.3 Å². The second-order valence-electron chi connectivity index (χ2n) is 4.70. The van der Waals surface area contributed by atoms with E-state index in [2.05, 4.69) is 5.32 Å². The van der Waals surface area contributed by atoms with Crippen LogP contribution in [0.5, 0.6) is 0 Å². The number of rotatable bonds is 4. The number of carbonyl (C=O) groups is 1. The Balaban J connectivity index is 2.13. The Morgan fingerprint density at radius 2 is 2.22 bits per heavy atom. The first kappa shape index (κ1) is 12.5. The van der Waals surface area contributed by atoms with Gasteiger partial charge in [-0.25, -0.2) is 0 Å². The van der Waals surface area contributed by atoms with Crippen molar-refractivity contribution >= 4 is 17.3 Å². The van der Waals surface area contributed by atoms with Crippen molar-refractivity contribution in [1.29, 1.82) is 0 Å². The number of carbonyl (C=O) groups excluding carboxylic acids is 1. The molecule has 0 spiro atoms. The van der Waals surface area contributed by atoms with E-state index < -0.39 is 10.3 Å². The van der Waals surface area contributed by atoms with Gasteiger partial charge in [0.15, 0.2) is 0 Å². The Morgan fingerprint density at radius 1 is 1.56 bits per heavy atom. The molecule has 0 aromatic heterocycles. The van der Waals surface area contributed by atoms with Crippen LogP contribution < -0.4 is 11.1 Å². The SMILES string of the molecule is Cc1cc(NC(=O)C2(CN)CC2)ccc1[N+](=O)[O-]. The van der Waals surface area contributed by atoms with E-state index in [1.807, 2.05) is 0 Å². The fourth-order valence-corrected chi connectivity index (χ4v) is 1.88. The average molecular weight is 249 g/mol. The molecular formula is C12H15N3O3. The minimum Gasteiger partial charge on any atom is -0.329 e. The number of nitrogens with one attached hydrogen (secondary N) is 1. The third kappa shape index (κ3) is 2.19. The summed E-state index contributed by atoms with van der Waals surface area (Å²) in [6.07, 6.45) is 1.61. The van der Waals surface area contributed by atoms with E-state index in [9.17, 15) is 14.9 Å². The summed E-state index contributed by atoms with van der Waals surface area (Å²) in [5, 5.41) is 13.4. The Hall–Kier alpha value is -1.95. The van der Waals surface area contributed by atoms with Crippen LogP contribution in [0.1, 0.15) is 18.4 Å². The standard InChI is InChI=1S/C12H15N3O3/c1-8-6-9(2-3-10(8)15(17)18)14-11(16)12(7-13)4-5-12/h2-3,6H,4-5,7,13H2,1H3,(H,14,16). The van der Waals surface area contributed by atoms with Crippen LogP contribution in [-0.2, 0) is 4.79 Å². The summed E-state index contributed by atoms with van der Waals surface area (Å²) in [5.41, 5.74) is 6.29. The molecule has 0 unspecified atom stereocenters. The summed E-state index contributed by atoms with van der Waals surface area (Å²) < 4.78 is 0. The molecule has 6 nitrogen and oxygen atoms in total. The number of nitro benzene ring substituents is 1. The number of nitro groups is 1. The Morgan fingerprint density at radius 3 is 2.67 bits per heavy atom. The predicted molar refractivity (Wildman–Crippen MR) is 67.2 cm³/mol. The molecule has 0 heterocycles. The summed E-state index contributed by atoms with van der Waals surface area (Å²) >= 11 is 0. The van der Waals surface area contributed by atoms with E-state index in [1.54, 1.807) is 13.0 Å². The highest BCUT2D eigenvalue weighted by Gasteiger charge is 2.48. The fraction of sp³-hybridized carbons (Fsp3) is 0.417. The number of amides is 1. The van der Waals surface area contributed by atoms with Crippen LogP contribution in [0.2, 0.25) is 0 Å². The Kier molecular flexibility index (Phi) is 3.04. The largest absolute Gasteiger partial charge is 0.329 e. The summed E-state index contributed by atoms with van der Waals surface area (Å²) in [5.74, 6) is -0.0988. The van der Waals surface area contributed by atoms with Crippen LogP contribution in [0, 0.1) is 22.5 Å². The number of benzene rings is 1. The highest BCUT2D eigenvalue weighted by Crippen LogP contribution is 2.45. The predicted octanol–water partition coefficient (Wildman–Crippen LogP) is 1.58. The van der Waals surface area contributed by atoms with Gasteiger partial charge in [-0.3, -0.25) is 14.9 Å². The first-order valence-electron chi connectivity index (χ1n) is 5.75. The molecule has 1 aromatic rings.